The summed E-state index contributed by atoms with van der Waals surface area (Å²) in [6.45, 7) is 0.746. The van der Waals surface area contributed by atoms with Crippen LogP contribution in [0.15, 0.2) is 42.7 Å². The summed E-state index contributed by atoms with van der Waals surface area (Å²) in [5.41, 5.74) is 1.20. The first-order chi connectivity index (χ1) is 15.2. The standard InChI is InChI=1S/C22H23F3N4O3/c23-22(24,25)16-9-18(11-26-10-16)29-8-7-17(12-29)27-20(30)19(28-21(31)32)15-5-3-14(4-6-15)13-1-2-13/h3-6,9-11,13,17,19,28H,1-2,7-8,12H2,(H,27,30)(H,31,32)/t17-,19?/m1/s1. The highest BCUT2D eigenvalue weighted by Gasteiger charge is 2.33. The van der Waals surface area contributed by atoms with Gasteiger partial charge >= 0.3 is 12.3 Å². The van der Waals surface area contributed by atoms with E-state index in [1.807, 2.05) is 12.1 Å². The van der Waals surface area contributed by atoms with E-state index in [4.69, 9.17) is 0 Å². The molecule has 1 aliphatic heterocycles. The Morgan fingerprint density at radius 1 is 1.12 bits per heavy atom. The molecule has 7 nitrogen and oxygen atoms in total. The van der Waals surface area contributed by atoms with Crippen LogP contribution in [-0.2, 0) is 11.0 Å². The summed E-state index contributed by atoms with van der Waals surface area (Å²) < 4.78 is 38.9. The third kappa shape index (κ3) is 5.12. The van der Waals surface area contributed by atoms with Crippen molar-refractivity contribution in [1.29, 1.82) is 0 Å². The van der Waals surface area contributed by atoms with Crippen LogP contribution in [0.5, 0.6) is 0 Å². The number of carbonyl (C=O) groups excluding carboxylic acids is 1. The molecule has 32 heavy (non-hydrogen) atoms. The Kier molecular flexibility index (Phi) is 5.94. The van der Waals surface area contributed by atoms with Gasteiger partial charge in [-0.1, -0.05) is 24.3 Å². The van der Waals surface area contributed by atoms with E-state index < -0.39 is 29.8 Å². The molecule has 2 aromatic rings. The maximum Gasteiger partial charge on any atom is 0.417 e. The maximum absolute atomic E-state index is 13.0. The molecule has 170 valence electrons. The number of alkyl halides is 3. The van der Waals surface area contributed by atoms with Crippen molar-refractivity contribution in [2.45, 2.75) is 43.4 Å². The van der Waals surface area contributed by atoms with Crippen LogP contribution in [0.1, 0.15) is 47.9 Å². The number of carboxylic acid groups (broad SMARTS) is 1. The Labute approximate surface area is 182 Å². The van der Waals surface area contributed by atoms with Crippen LogP contribution >= 0.6 is 0 Å². The van der Waals surface area contributed by atoms with Crippen molar-refractivity contribution in [3.05, 3.63) is 59.4 Å². The summed E-state index contributed by atoms with van der Waals surface area (Å²) in [6, 6.07) is 6.95. The summed E-state index contributed by atoms with van der Waals surface area (Å²) in [6.07, 6.45) is -0.888. The molecular weight excluding hydrogens is 425 g/mol. The van der Waals surface area contributed by atoms with E-state index in [1.165, 1.54) is 11.8 Å². The minimum Gasteiger partial charge on any atom is -0.465 e. The van der Waals surface area contributed by atoms with Crippen LogP contribution in [0, 0.1) is 0 Å². The Morgan fingerprint density at radius 2 is 1.84 bits per heavy atom. The van der Waals surface area contributed by atoms with Crippen LogP contribution in [0.4, 0.5) is 23.7 Å². The number of anilines is 1. The summed E-state index contributed by atoms with van der Waals surface area (Å²) in [7, 11) is 0. The highest BCUT2D eigenvalue weighted by Crippen LogP contribution is 2.40. The normalized spacial score (nSPS) is 19.5. The van der Waals surface area contributed by atoms with Gasteiger partial charge in [-0.2, -0.15) is 13.2 Å². The van der Waals surface area contributed by atoms with Crippen molar-refractivity contribution in [1.82, 2.24) is 15.6 Å². The first-order valence-corrected chi connectivity index (χ1v) is 10.4. The van der Waals surface area contributed by atoms with E-state index in [-0.39, 0.29) is 6.04 Å². The van der Waals surface area contributed by atoms with Crippen molar-refractivity contribution in [2.24, 2.45) is 0 Å². The number of rotatable bonds is 6. The number of pyridine rings is 1. The second-order valence-corrected chi connectivity index (χ2v) is 8.19. The number of halogens is 3. The number of hydrogen-bond donors (Lipinski definition) is 3. The number of nitrogens with one attached hydrogen (secondary N) is 2. The van der Waals surface area contributed by atoms with E-state index >= 15 is 0 Å². The molecule has 2 aliphatic rings. The molecule has 10 heteroatoms. The van der Waals surface area contributed by atoms with Gasteiger partial charge in [-0.3, -0.25) is 9.78 Å². The first-order valence-electron chi connectivity index (χ1n) is 10.4. The fraction of sp³-hybridized carbons (Fsp3) is 0.409. The summed E-state index contributed by atoms with van der Waals surface area (Å²) in [5, 5.41) is 14.3. The Hall–Kier alpha value is -3.30. The number of carbonyl (C=O) groups is 2. The highest BCUT2D eigenvalue weighted by molar-refractivity contribution is 5.86. The zero-order valence-electron chi connectivity index (χ0n) is 17.1. The van der Waals surface area contributed by atoms with Gasteiger partial charge in [-0.25, -0.2) is 4.79 Å². The predicted molar refractivity (Wildman–Crippen MR) is 110 cm³/mol. The molecule has 2 atom stereocenters. The third-order valence-corrected chi connectivity index (χ3v) is 5.80. The van der Waals surface area contributed by atoms with Crippen LogP contribution in [0.25, 0.3) is 0 Å². The SMILES string of the molecule is O=C(O)NC(C(=O)N[C@@H]1CCN(c2cncc(C(F)(F)F)c2)C1)c1ccc(C2CC2)cc1. The average molecular weight is 448 g/mol. The zero-order chi connectivity index (χ0) is 22.9. The molecule has 1 aromatic heterocycles. The third-order valence-electron chi connectivity index (χ3n) is 5.80. The molecule has 3 N–H and O–H groups in total. The largest absolute Gasteiger partial charge is 0.465 e. The van der Waals surface area contributed by atoms with E-state index in [0.717, 1.165) is 25.1 Å². The Bertz CT molecular complexity index is 993. The van der Waals surface area contributed by atoms with Gasteiger partial charge in [0, 0.05) is 25.3 Å². The topological polar surface area (TPSA) is 94.6 Å². The van der Waals surface area contributed by atoms with E-state index in [9.17, 15) is 27.9 Å². The second kappa shape index (κ2) is 8.68. The van der Waals surface area contributed by atoms with Crippen LogP contribution < -0.4 is 15.5 Å². The minimum atomic E-state index is -4.48. The Morgan fingerprint density at radius 3 is 2.47 bits per heavy atom. The lowest BCUT2D eigenvalue weighted by molar-refractivity contribution is -0.137. The van der Waals surface area contributed by atoms with Crippen molar-refractivity contribution in [2.75, 3.05) is 18.0 Å². The maximum atomic E-state index is 13.0. The molecular formula is C22H23F3N4O3. The number of benzene rings is 1. The fourth-order valence-corrected chi connectivity index (χ4v) is 3.95. The van der Waals surface area contributed by atoms with E-state index in [2.05, 4.69) is 15.6 Å². The molecule has 0 spiro atoms. The average Bonchev–Trinajstić information content (AvgIpc) is 3.50. The summed E-state index contributed by atoms with van der Waals surface area (Å²) in [5.74, 6) is 0.0409. The molecule has 1 saturated heterocycles. The molecule has 1 saturated carbocycles. The molecule has 2 amide bonds. The lowest BCUT2D eigenvalue weighted by atomic mass is 10.0. The number of aromatic nitrogens is 1. The van der Waals surface area contributed by atoms with Crippen molar-refractivity contribution < 1.29 is 27.9 Å². The molecule has 1 aromatic carbocycles. The van der Waals surface area contributed by atoms with Gasteiger partial charge in [0.1, 0.15) is 6.04 Å². The fourth-order valence-electron chi connectivity index (χ4n) is 3.95. The summed E-state index contributed by atoms with van der Waals surface area (Å²) in [4.78, 5) is 29.5. The van der Waals surface area contributed by atoms with Crippen LogP contribution in [0.2, 0.25) is 0 Å². The van der Waals surface area contributed by atoms with Crippen molar-refractivity contribution in [3.63, 3.8) is 0 Å². The van der Waals surface area contributed by atoms with Crippen molar-refractivity contribution in [3.8, 4) is 0 Å². The lowest BCUT2D eigenvalue weighted by Crippen LogP contribution is -2.45. The molecule has 1 unspecified atom stereocenters. The molecule has 2 heterocycles. The zero-order valence-corrected chi connectivity index (χ0v) is 17.1. The van der Waals surface area contributed by atoms with Gasteiger partial charge in [0.25, 0.3) is 0 Å². The second-order valence-electron chi connectivity index (χ2n) is 8.19. The van der Waals surface area contributed by atoms with Crippen molar-refractivity contribution >= 4 is 17.7 Å². The number of nitrogens with zero attached hydrogens (tertiary/aromatic N) is 2. The quantitative estimate of drug-likeness (QED) is 0.627. The van der Waals surface area contributed by atoms with Gasteiger partial charge in [-0.05, 0) is 42.4 Å². The van der Waals surface area contributed by atoms with Crippen LogP contribution in [0.3, 0.4) is 0 Å². The molecule has 1 aliphatic carbocycles. The van der Waals surface area contributed by atoms with E-state index in [1.54, 1.807) is 17.0 Å². The van der Waals surface area contributed by atoms with Gasteiger partial charge in [-0.15, -0.1) is 0 Å². The number of hydrogen-bond acceptors (Lipinski definition) is 4. The minimum absolute atomic E-state index is 0.301. The lowest BCUT2D eigenvalue weighted by Gasteiger charge is -2.22. The first kappa shape index (κ1) is 21.9. The van der Waals surface area contributed by atoms with Gasteiger partial charge in [0.05, 0.1) is 17.4 Å². The van der Waals surface area contributed by atoms with Gasteiger partial charge < -0.3 is 20.6 Å². The molecule has 0 radical (unpaired) electrons. The highest BCUT2D eigenvalue weighted by atomic mass is 19.4. The van der Waals surface area contributed by atoms with E-state index in [0.29, 0.717) is 36.7 Å². The molecule has 4 rings (SSSR count). The number of amides is 2. The summed E-state index contributed by atoms with van der Waals surface area (Å²) >= 11 is 0. The predicted octanol–water partition coefficient (Wildman–Crippen LogP) is 3.68. The molecule has 2 fully saturated rings. The molecule has 0 bridgehead atoms. The van der Waals surface area contributed by atoms with Crippen LogP contribution in [-0.4, -0.2) is 41.2 Å². The smallest absolute Gasteiger partial charge is 0.417 e. The monoisotopic (exact) mass is 448 g/mol. The Balaban J connectivity index is 1.42. The van der Waals surface area contributed by atoms with Gasteiger partial charge in [0.2, 0.25) is 5.91 Å². The van der Waals surface area contributed by atoms with Gasteiger partial charge in [0.15, 0.2) is 0 Å².